The van der Waals surface area contributed by atoms with Gasteiger partial charge in [0.05, 0.1) is 29.2 Å². The molecule has 1 aromatic carbocycles. The summed E-state index contributed by atoms with van der Waals surface area (Å²) in [5, 5.41) is 11.9. The molecule has 174 valence electrons. The SMILES string of the molecule is Nc1ccc(-c2cnc(C3CCc4cc(-c5cc(Cl)ccc5-n5cnnn5)cc(=O)n43)[nH]2)c(F)n1. The lowest BCUT2D eigenvalue weighted by atomic mass is 10.0. The van der Waals surface area contributed by atoms with E-state index < -0.39 is 5.95 Å². The van der Waals surface area contributed by atoms with Crippen LogP contribution in [0.2, 0.25) is 5.02 Å². The molecule has 1 atom stereocenters. The Morgan fingerprint density at radius 1 is 1.14 bits per heavy atom. The summed E-state index contributed by atoms with van der Waals surface area (Å²) >= 11 is 6.27. The molecule has 3 N–H and O–H groups in total. The molecule has 10 nitrogen and oxygen atoms in total. The van der Waals surface area contributed by atoms with Crippen LogP contribution in [0.15, 0.2) is 59.8 Å². The first-order valence-corrected chi connectivity index (χ1v) is 11.1. The maximum Gasteiger partial charge on any atom is 0.252 e. The van der Waals surface area contributed by atoms with Gasteiger partial charge in [-0.15, -0.1) is 5.10 Å². The Kier molecular flexibility index (Phi) is 4.92. The number of rotatable bonds is 4. The van der Waals surface area contributed by atoms with Gasteiger partial charge in [0.15, 0.2) is 0 Å². The molecule has 0 aliphatic carbocycles. The highest BCUT2D eigenvalue weighted by atomic mass is 35.5. The Labute approximate surface area is 202 Å². The molecule has 0 saturated heterocycles. The van der Waals surface area contributed by atoms with Crippen molar-refractivity contribution < 1.29 is 4.39 Å². The van der Waals surface area contributed by atoms with Crippen molar-refractivity contribution in [2.75, 3.05) is 5.73 Å². The number of pyridine rings is 2. The fourth-order valence-corrected chi connectivity index (χ4v) is 4.68. The van der Waals surface area contributed by atoms with Crippen molar-refractivity contribution in [2.24, 2.45) is 0 Å². The molecular formula is C23H17ClFN9O. The van der Waals surface area contributed by atoms with Gasteiger partial charge in [-0.2, -0.15) is 9.07 Å². The first kappa shape index (κ1) is 21.2. The number of aromatic nitrogens is 8. The minimum atomic E-state index is -0.686. The number of aryl methyl sites for hydroxylation is 1. The number of tetrazole rings is 1. The highest BCUT2D eigenvalue weighted by Gasteiger charge is 2.28. The van der Waals surface area contributed by atoms with Gasteiger partial charge in [0.1, 0.15) is 18.0 Å². The largest absolute Gasteiger partial charge is 0.384 e. The van der Waals surface area contributed by atoms with E-state index >= 15 is 0 Å². The van der Waals surface area contributed by atoms with Gasteiger partial charge in [-0.1, -0.05) is 11.6 Å². The van der Waals surface area contributed by atoms with Crippen LogP contribution in [0.1, 0.15) is 24.0 Å². The summed E-state index contributed by atoms with van der Waals surface area (Å²) in [5.74, 6) is -0.0169. The molecule has 0 saturated carbocycles. The second-order valence-electron chi connectivity index (χ2n) is 8.17. The van der Waals surface area contributed by atoms with E-state index in [9.17, 15) is 9.18 Å². The zero-order valence-corrected chi connectivity index (χ0v) is 18.8. The highest BCUT2D eigenvalue weighted by molar-refractivity contribution is 6.31. The molecule has 5 heterocycles. The van der Waals surface area contributed by atoms with Crippen LogP contribution >= 0.6 is 11.6 Å². The van der Waals surface area contributed by atoms with Gasteiger partial charge in [0.25, 0.3) is 5.56 Å². The molecule has 0 amide bonds. The van der Waals surface area contributed by atoms with E-state index in [4.69, 9.17) is 17.3 Å². The third-order valence-corrected chi connectivity index (χ3v) is 6.31. The smallest absolute Gasteiger partial charge is 0.252 e. The fourth-order valence-electron chi connectivity index (χ4n) is 4.51. The fraction of sp³-hybridized carbons (Fsp3) is 0.130. The van der Waals surface area contributed by atoms with E-state index in [1.807, 2.05) is 6.07 Å². The Balaban J connectivity index is 1.39. The number of benzene rings is 1. The Bertz CT molecular complexity index is 1630. The monoisotopic (exact) mass is 489 g/mol. The molecule has 1 aliphatic rings. The van der Waals surface area contributed by atoms with Crippen LogP contribution in [0.4, 0.5) is 10.2 Å². The average molecular weight is 490 g/mol. The van der Waals surface area contributed by atoms with Crippen molar-refractivity contribution >= 4 is 17.4 Å². The molecule has 0 bridgehead atoms. The number of H-pyrrole nitrogens is 1. The number of nitrogen functional groups attached to an aromatic ring is 1. The minimum absolute atomic E-state index is 0.0982. The van der Waals surface area contributed by atoms with Gasteiger partial charge in [-0.25, -0.2) is 9.97 Å². The van der Waals surface area contributed by atoms with Gasteiger partial charge in [-0.3, -0.25) is 4.79 Å². The summed E-state index contributed by atoms with van der Waals surface area (Å²) < 4.78 is 17.5. The van der Waals surface area contributed by atoms with E-state index in [0.29, 0.717) is 40.6 Å². The molecule has 4 aromatic heterocycles. The molecular weight excluding hydrogens is 473 g/mol. The van der Waals surface area contributed by atoms with Crippen LogP contribution in [0, 0.1) is 5.95 Å². The number of aromatic amines is 1. The lowest BCUT2D eigenvalue weighted by molar-refractivity contribution is 0.571. The Hall–Kier alpha value is -4.38. The molecule has 0 radical (unpaired) electrons. The average Bonchev–Trinajstić information content (AvgIpc) is 3.59. The number of hydrogen-bond donors (Lipinski definition) is 2. The van der Waals surface area contributed by atoms with E-state index in [1.165, 1.54) is 23.3 Å². The Morgan fingerprint density at radius 2 is 2.03 bits per heavy atom. The number of imidazole rings is 1. The lowest BCUT2D eigenvalue weighted by Gasteiger charge is -2.15. The third kappa shape index (κ3) is 3.66. The summed E-state index contributed by atoms with van der Waals surface area (Å²) in [5.41, 5.74) is 9.10. The molecule has 0 spiro atoms. The molecule has 6 rings (SSSR count). The van der Waals surface area contributed by atoms with Crippen LogP contribution in [0.3, 0.4) is 0 Å². The predicted octanol–water partition coefficient (Wildman–Crippen LogP) is 3.19. The van der Waals surface area contributed by atoms with Crippen molar-refractivity contribution in [2.45, 2.75) is 18.9 Å². The molecule has 0 fully saturated rings. The first-order valence-electron chi connectivity index (χ1n) is 10.7. The molecule has 35 heavy (non-hydrogen) atoms. The number of halogens is 2. The Morgan fingerprint density at radius 3 is 2.83 bits per heavy atom. The second-order valence-corrected chi connectivity index (χ2v) is 8.61. The maximum atomic E-state index is 14.3. The van der Waals surface area contributed by atoms with E-state index in [1.54, 1.807) is 34.9 Å². The number of nitrogens with zero attached hydrogens (tertiary/aromatic N) is 7. The normalized spacial score (nSPS) is 14.9. The number of nitrogens with one attached hydrogen (secondary N) is 1. The van der Waals surface area contributed by atoms with Crippen molar-refractivity contribution in [1.29, 1.82) is 0 Å². The van der Waals surface area contributed by atoms with Crippen molar-refractivity contribution in [3.05, 3.63) is 87.8 Å². The van der Waals surface area contributed by atoms with Gasteiger partial charge in [-0.05, 0) is 65.2 Å². The summed E-state index contributed by atoms with van der Waals surface area (Å²) in [6.07, 6.45) is 4.36. The number of nitrogens with two attached hydrogens (primary N) is 1. The lowest BCUT2D eigenvalue weighted by Crippen LogP contribution is -2.23. The van der Waals surface area contributed by atoms with E-state index in [0.717, 1.165) is 11.3 Å². The van der Waals surface area contributed by atoms with Crippen LogP contribution in [-0.2, 0) is 6.42 Å². The van der Waals surface area contributed by atoms with Crippen molar-refractivity contribution in [1.82, 2.24) is 39.7 Å². The van der Waals surface area contributed by atoms with Gasteiger partial charge in [0, 0.05) is 22.3 Å². The van der Waals surface area contributed by atoms with Crippen LogP contribution < -0.4 is 11.3 Å². The zero-order chi connectivity index (χ0) is 24.1. The first-order chi connectivity index (χ1) is 17.0. The van der Waals surface area contributed by atoms with Crippen LogP contribution in [0.25, 0.3) is 28.1 Å². The standard InChI is InChI=1S/C23H17ClFN9O/c24-13-1-4-18(33-11-28-31-32-33)16(9-13)12-7-14-2-5-19(34(14)21(35)8-12)23-27-10-17(29-23)15-3-6-20(26)30-22(15)25/h1,3-4,6-11,19H,2,5H2,(H2,26,30)(H,27,29). The summed E-state index contributed by atoms with van der Waals surface area (Å²) in [4.78, 5) is 24.5. The van der Waals surface area contributed by atoms with Crippen molar-refractivity contribution in [3.8, 4) is 28.1 Å². The summed E-state index contributed by atoms with van der Waals surface area (Å²) in [6.45, 7) is 0. The van der Waals surface area contributed by atoms with E-state index in [-0.39, 0.29) is 23.0 Å². The number of hydrogen-bond acceptors (Lipinski definition) is 7. The predicted molar refractivity (Wildman–Crippen MR) is 127 cm³/mol. The maximum absolute atomic E-state index is 14.3. The van der Waals surface area contributed by atoms with Crippen molar-refractivity contribution in [3.63, 3.8) is 0 Å². The second kappa shape index (κ2) is 8.13. The van der Waals surface area contributed by atoms with Crippen LogP contribution in [-0.4, -0.2) is 39.7 Å². The molecule has 5 aromatic rings. The highest BCUT2D eigenvalue weighted by Crippen LogP contribution is 2.34. The third-order valence-electron chi connectivity index (χ3n) is 6.07. The van der Waals surface area contributed by atoms with Gasteiger partial charge < -0.3 is 15.3 Å². The number of anilines is 1. The molecule has 12 heteroatoms. The summed E-state index contributed by atoms with van der Waals surface area (Å²) in [6, 6.07) is 11.6. The quantitative estimate of drug-likeness (QED) is 0.370. The topological polar surface area (TPSA) is 133 Å². The zero-order valence-electron chi connectivity index (χ0n) is 18.1. The molecule has 1 aliphatic heterocycles. The van der Waals surface area contributed by atoms with E-state index in [2.05, 4.69) is 30.5 Å². The van der Waals surface area contributed by atoms with Gasteiger partial charge in [0.2, 0.25) is 5.95 Å². The summed E-state index contributed by atoms with van der Waals surface area (Å²) in [7, 11) is 0. The molecule has 1 unspecified atom stereocenters. The minimum Gasteiger partial charge on any atom is -0.384 e. The number of fused-ring (bicyclic) bond motifs is 1. The van der Waals surface area contributed by atoms with Gasteiger partial charge >= 0.3 is 0 Å². The van der Waals surface area contributed by atoms with Crippen LogP contribution in [0.5, 0.6) is 0 Å².